The minimum absolute atomic E-state index is 0.0135. The van der Waals surface area contributed by atoms with Crippen molar-refractivity contribution in [2.75, 3.05) is 36.8 Å². The molecule has 2 N–H and O–H groups in total. The molecule has 1 aliphatic carbocycles. The fraction of sp³-hybridized carbons (Fsp3) is 0.440. The molecule has 31 heavy (non-hydrogen) atoms. The maximum absolute atomic E-state index is 12.7. The summed E-state index contributed by atoms with van der Waals surface area (Å²) >= 11 is 0. The van der Waals surface area contributed by atoms with E-state index >= 15 is 0 Å². The molecule has 1 heterocycles. The van der Waals surface area contributed by atoms with Crippen molar-refractivity contribution in [3.05, 3.63) is 59.7 Å². The average molecular weight is 421 g/mol. The van der Waals surface area contributed by atoms with E-state index in [1.165, 1.54) is 11.1 Å². The fourth-order valence-corrected chi connectivity index (χ4v) is 4.23. The summed E-state index contributed by atoms with van der Waals surface area (Å²) in [5.74, 6) is 0.0471. The number of benzene rings is 2. The first-order valence-corrected chi connectivity index (χ1v) is 11.2. The van der Waals surface area contributed by atoms with Crippen LogP contribution < -0.4 is 10.6 Å². The summed E-state index contributed by atoms with van der Waals surface area (Å²) < 4.78 is 0. The second kappa shape index (κ2) is 9.62. The highest BCUT2D eigenvalue weighted by Gasteiger charge is 2.38. The zero-order chi connectivity index (χ0) is 21.8. The summed E-state index contributed by atoms with van der Waals surface area (Å²) in [4.78, 5) is 29.6. The van der Waals surface area contributed by atoms with Crippen molar-refractivity contribution in [2.45, 2.75) is 45.2 Å². The standard InChI is InChI=1S/C25H32N4O2/c1-18-3-7-20(8-4-18)26-24(30)16-28-14-13-23(15-28)29(22-11-12-22)17-25(31)27-21-9-5-19(2)6-10-21/h3-10,22-23H,11-17H2,1-2H3,(H,26,30)(H,27,31). The van der Waals surface area contributed by atoms with Crippen LogP contribution in [0.3, 0.4) is 0 Å². The molecule has 6 heteroatoms. The average Bonchev–Trinajstić information content (AvgIpc) is 3.48. The number of nitrogens with one attached hydrogen (secondary N) is 2. The zero-order valence-corrected chi connectivity index (χ0v) is 18.4. The maximum Gasteiger partial charge on any atom is 0.238 e. The van der Waals surface area contributed by atoms with Gasteiger partial charge in [0.1, 0.15) is 0 Å². The SMILES string of the molecule is Cc1ccc(NC(=O)CN2CCC(N(CC(=O)Nc3ccc(C)cc3)C3CC3)C2)cc1. The van der Waals surface area contributed by atoms with Gasteiger partial charge >= 0.3 is 0 Å². The number of hydrogen-bond donors (Lipinski definition) is 2. The van der Waals surface area contributed by atoms with Crippen molar-refractivity contribution in [3.8, 4) is 0 Å². The van der Waals surface area contributed by atoms with Gasteiger partial charge in [-0.05, 0) is 57.4 Å². The van der Waals surface area contributed by atoms with Crippen molar-refractivity contribution < 1.29 is 9.59 Å². The van der Waals surface area contributed by atoms with Crippen LogP contribution in [0.2, 0.25) is 0 Å². The second-order valence-electron chi connectivity index (χ2n) is 8.91. The number of rotatable bonds is 8. The van der Waals surface area contributed by atoms with E-state index in [2.05, 4.69) is 20.4 Å². The quantitative estimate of drug-likeness (QED) is 0.687. The molecule has 0 radical (unpaired) electrons. The van der Waals surface area contributed by atoms with Crippen LogP contribution in [-0.2, 0) is 9.59 Å². The highest BCUT2D eigenvalue weighted by molar-refractivity contribution is 5.93. The third-order valence-corrected chi connectivity index (χ3v) is 6.10. The number of carbonyl (C=O) groups excluding carboxylic acids is 2. The van der Waals surface area contributed by atoms with Crippen LogP contribution in [0.25, 0.3) is 0 Å². The van der Waals surface area contributed by atoms with Crippen molar-refractivity contribution in [1.29, 1.82) is 0 Å². The lowest BCUT2D eigenvalue weighted by Crippen LogP contribution is -2.44. The van der Waals surface area contributed by atoms with E-state index in [-0.39, 0.29) is 11.8 Å². The van der Waals surface area contributed by atoms with Gasteiger partial charge in [0.05, 0.1) is 13.1 Å². The van der Waals surface area contributed by atoms with E-state index < -0.39 is 0 Å². The lowest BCUT2D eigenvalue weighted by Gasteiger charge is -2.28. The van der Waals surface area contributed by atoms with E-state index in [1.54, 1.807) is 0 Å². The molecule has 1 unspecified atom stereocenters. The topological polar surface area (TPSA) is 64.7 Å². The van der Waals surface area contributed by atoms with E-state index in [0.717, 1.165) is 43.7 Å². The monoisotopic (exact) mass is 420 g/mol. The number of likely N-dealkylation sites (tertiary alicyclic amines) is 1. The van der Waals surface area contributed by atoms with Crippen LogP contribution in [0.1, 0.15) is 30.4 Å². The Kier molecular flexibility index (Phi) is 6.68. The normalized spacial score (nSPS) is 18.9. The molecule has 1 aliphatic heterocycles. The molecule has 2 aromatic rings. The summed E-state index contributed by atoms with van der Waals surface area (Å²) in [7, 11) is 0. The molecule has 2 amide bonds. The first-order valence-electron chi connectivity index (χ1n) is 11.2. The maximum atomic E-state index is 12.7. The van der Waals surface area contributed by atoms with Crippen LogP contribution in [0.4, 0.5) is 11.4 Å². The van der Waals surface area contributed by atoms with Gasteiger partial charge in [-0.25, -0.2) is 0 Å². The van der Waals surface area contributed by atoms with Gasteiger partial charge in [0.15, 0.2) is 0 Å². The molecular formula is C25H32N4O2. The lowest BCUT2D eigenvalue weighted by molar-refractivity contribution is -0.119. The largest absolute Gasteiger partial charge is 0.325 e. The smallest absolute Gasteiger partial charge is 0.238 e. The number of amides is 2. The Balaban J connectivity index is 1.27. The fourth-order valence-electron chi connectivity index (χ4n) is 4.23. The van der Waals surface area contributed by atoms with Crippen LogP contribution >= 0.6 is 0 Å². The zero-order valence-electron chi connectivity index (χ0n) is 18.4. The van der Waals surface area contributed by atoms with Gasteiger partial charge in [-0.3, -0.25) is 19.4 Å². The Morgan fingerprint density at radius 1 is 0.839 bits per heavy atom. The molecule has 2 aromatic carbocycles. The molecular weight excluding hydrogens is 388 g/mol. The molecule has 1 atom stereocenters. The molecule has 164 valence electrons. The van der Waals surface area contributed by atoms with Crippen molar-refractivity contribution in [2.24, 2.45) is 0 Å². The summed E-state index contributed by atoms with van der Waals surface area (Å²) in [6.45, 7) is 6.57. The van der Waals surface area contributed by atoms with Gasteiger partial charge in [-0.15, -0.1) is 0 Å². The minimum Gasteiger partial charge on any atom is -0.325 e. The molecule has 2 aliphatic rings. The Morgan fingerprint density at radius 2 is 1.39 bits per heavy atom. The third-order valence-electron chi connectivity index (χ3n) is 6.10. The third kappa shape index (κ3) is 6.15. The summed E-state index contributed by atoms with van der Waals surface area (Å²) in [6, 6.07) is 16.6. The van der Waals surface area contributed by atoms with Gasteiger partial charge in [-0.2, -0.15) is 0 Å². The predicted octanol–water partition coefficient (Wildman–Crippen LogP) is 3.42. The summed E-state index contributed by atoms with van der Waals surface area (Å²) in [5.41, 5.74) is 4.02. The van der Waals surface area contributed by atoms with Gasteiger partial charge in [-0.1, -0.05) is 35.4 Å². The molecule has 6 nitrogen and oxygen atoms in total. The molecule has 0 spiro atoms. The predicted molar refractivity (Wildman–Crippen MR) is 124 cm³/mol. The van der Waals surface area contributed by atoms with Crippen molar-refractivity contribution >= 4 is 23.2 Å². The van der Waals surface area contributed by atoms with E-state index in [1.807, 2.05) is 62.4 Å². The molecule has 0 bridgehead atoms. The minimum atomic E-state index is 0.0135. The molecule has 2 fully saturated rings. The molecule has 1 saturated heterocycles. The van der Waals surface area contributed by atoms with Crippen LogP contribution in [0.5, 0.6) is 0 Å². The van der Waals surface area contributed by atoms with Gasteiger partial charge in [0.2, 0.25) is 11.8 Å². The number of anilines is 2. The first kappa shape index (κ1) is 21.5. The Hall–Kier alpha value is -2.70. The number of carbonyl (C=O) groups is 2. The Bertz CT molecular complexity index is 906. The van der Waals surface area contributed by atoms with E-state index in [4.69, 9.17) is 0 Å². The highest BCUT2D eigenvalue weighted by atomic mass is 16.2. The number of aryl methyl sites for hydroxylation is 2. The van der Waals surface area contributed by atoms with Crippen molar-refractivity contribution in [3.63, 3.8) is 0 Å². The molecule has 4 rings (SSSR count). The number of hydrogen-bond acceptors (Lipinski definition) is 4. The highest BCUT2D eigenvalue weighted by Crippen LogP contribution is 2.31. The van der Waals surface area contributed by atoms with Crippen LogP contribution in [-0.4, -0.2) is 59.9 Å². The van der Waals surface area contributed by atoms with Crippen LogP contribution in [0.15, 0.2) is 48.5 Å². The molecule has 0 aromatic heterocycles. The van der Waals surface area contributed by atoms with Crippen molar-refractivity contribution in [1.82, 2.24) is 9.80 Å². The summed E-state index contributed by atoms with van der Waals surface area (Å²) in [5, 5.41) is 6.00. The molecule has 1 saturated carbocycles. The second-order valence-corrected chi connectivity index (χ2v) is 8.91. The van der Waals surface area contributed by atoms with Crippen LogP contribution in [0, 0.1) is 13.8 Å². The van der Waals surface area contributed by atoms with Gasteiger partial charge in [0, 0.05) is 36.5 Å². The van der Waals surface area contributed by atoms with Gasteiger partial charge in [0.25, 0.3) is 0 Å². The first-order chi connectivity index (χ1) is 15.0. The Labute approximate surface area is 184 Å². The van der Waals surface area contributed by atoms with E-state index in [9.17, 15) is 9.59 Å². The Morgan fingerprint density at radius 3 is 1.94 bits per heavy atom. The summed E-state index contributed by atoms with van der Waals surface area (Å²) in [6.07, 6.45) is 3.30. The van der Waals surface area contributed by atoms with Gasteiger partial charge < -0.3 is 10.6 Å². The number of nitrogens with zero attached hydrogens (tertiary/aromatic N) is 2. The lowest BCUT2D eigenvalue weighted by atomic mass is 10.2. The van der Waals surface area contributed by atoms with E-state index in [0.29, 0.717) is 25.2 Å².